The maximum atomic E-state index is 13.7. The number of amides is 2. The smallest absolute Gasteiger partial charge is 0.346 e. The molecule has 2 amide bonds. The van der Waals surface area contributed by atoms with Gasteiger partial charge in [-0.2, -0.15) is 13.2 Å². The Hall–Kier alpha value is -2.30. The molecule has 0 aliphatic heterocycles. The number of halogens is 5. The third-order valence-corrected chi connectivity index (χ3v) is 5.20. The van der Waals surface area contributed by atoms with Crippen LogP contribution < -0.4 is 10.6 Å². The number of alkyl halides is 3. The van der Waals surface area contributed by atoms with Gasteiger partial charge in [-0.25, -0.2) is 13.8 Å². The Morgan fingerprint density at radius 3 is 2.63 bits per heavy atom. The fourth-order valence-corrected chi connectivity index (χ4v) is 3.95. The topological polar surface area (TPSA) is 71.1 Å². The zero-order chi connectivity index (χ0) is 19.8. The van der Waals surface area contributed by atoms with Crippen LogP contribution in [0.1, 0.15) is 25.7 Å². The van der Waals surface area contributed by atoms with Gasteiger partial charge >= 0.3 is 12.1 Å². The van der Waals surface area contributed by atoms with Crippen molar-refractivity contribution in [3.63, 3.8) is 0 Å². The summed E-state index contributed by atoms with van der Waals surface area (Å²) in [5.74, 6) is -4.75. The zero-order valence-corrected chi connectivity index (χ0v) is 14.5. The van der Waals surface area contributed by atoms with Crippen LogP contribution >= 0.6 is 11.3 Å². The van der Waals surface area contributed by atoms with Gasteiger partial charge in [0.2, 0.25) is 5.91 Å². The first-order valence-corrected chi connectivity index (χ1v) is 8.89. The quantitative estimate of drug-likeness (QED) is 0.762. The van der Waals surface area contributed by atoms with E-state index in [0.29, 0.717) is 25.3 Å². The summed E-state index contributed by atoms with van der Waals surface area (Å²) in [7, 11) is 0. The number of carbonyl (C=O) groups is 2. The fourth-order valence-electron chi connectivity index (χ4n) is 3.04. The predicted molar refractivity (Wildman–Crippen MR) is 88.1 cm³/mol. The van der Waals surface area contributed by atoms with Crippen LogP contribution in [-0.4, -0.2) is 29.0 Å². The van der Waals surface area contributed by atoms with Gasteiger partial charge in [-0.1, -0.05) is 17.8 Å². The molecule has 3 rings (SSSR count). The molecule has 0 radical (unpaired) electrons. The molecule has 1 aromatic carbocycles. The van der Waals surface area contributed by atoms with E-state index in [-0.39, 0.29) is 21.8 Å². The van der Waals surface area contributed by atoms with Crippen LogP contribution in [0, 0.1) is 17.6 Å². The second-order valence-electron chi connectivity index (χ2n) is 6.27. The van der Waals surface area contributed by atoms with E-state index in [0.717, 1.165) is 17.4 Å². The molecule has 1 aliphatic carbocycles. The van der Waals surface area contributed by atoms with E-state index < -0.39 is 41.6 Å². The van der Waals surface area contributed by atoms with Crippen molar-refractivity contribution in [2.45, 2.75) is 37.9 Å². The number of hydrogen-bond donors (Lipinski definition) is 2. The van der Waals surface area contributed by atoms with Gasteiger partial charge in [0.1, 0.15) is 11.3 Å². The maximum absolute atomic E-state index is 13.7. The minimum absolute atomic E-state index is 0.0571. The Morgan fingerprint density at radius 1 is 1.19 bits per heavy atom. The maximum Gasteiger partial charge on any atom is 0.471 e. The van der Waals surface area contributed by atoms with Gasteiger partial charge in [-0.05, 0) is 25.3 Å². The Morgan fingerprint density at radius 2 is 1.93 bits per heavy atom. The van der Waals surface area contributed by atoms with Gasteiger partial charge in [0.05, 0.1) is 4.70 Å². The van der Waals surface area contributed by atoms with E-state index in [1.165, 1.54) is 0 Å². The summed E-state index contributed by atoms with van der Waals surface area (Å²) in [6.45, 7) is 0. The van der Waals surface area contributed by atoms with Crippen LogP contribution in [0.3, 0.4) is 0 Å². The molecule has 2 atom stereocenters. The van der Waals surface area contributed by atoms with Crippen LogP contribution in [0.15, 0.2) is 12.1 Å². The lowest BCUT2D eigenvalue weighted by atomic mass is 9.85. The third-order valence-electron chi connectivity index (χ3n) is 4.28. The van der Waals surface area contributed by atoms with Gasteiger partial charge in [0.15, 0.2) is 10.9 Å². The fraction of sp³-hybridized carbons (Fsp3) is 0.438. The van der Waals surface area contributed by atoms with Gasteiger partial charge in [-0.15, -0.1) is 0 Å². The number of rotatable bonds is 3. The standard InChI is InChI=1S/C16H14F5N3O2S/c17-8-5-10(18)12-11(6-8)27-15(23-12)24-13(25)7-2-1-3-9(4-7)22-14(26)16(19,20)21/h5-7,9H,1-4H2,(H,22,26)(H,23,24,25). The van der Waals surface area contributed by atoms with E-state index >= 15 is 0 Å². The van der Waals surface area contributed by atoms with Gasteiger partial charge in [0.25, 0.3) is 0 Å². The molecule has 1 fully saturated rings. The normalized spacial score (nSPS) is 20.5. The van der Waals surface area contributed by atoms with Crippen LogP contribution in [0.2, 0.25) is 0 Å². The van der Waals surface area contributed by atoms with Crippen LogP contribution in [0.25, 0.3) is 10.2 Å². The zero-order valence-electron chi connectivity index (χ0n) is 13.7. The Labute approximate surface area is 154 Å². The molecule has 1 aromatic heterocycles. The van der Waals surface area contributed by atoms with Crippen molar-refractivity contribution in [1.82, 2.24) is 10.3 Å². The number of nitrogens with zero attached hydrogens (tertiary/aromatic N) is 1. The average molecular weight is 407 g/mol. The van der Waals surface area contributed by atoms with Crippen LogP contribution in [-0.2, 0) is 9.59 Å². The SMILES string of the molecule is O=C(Nc1nc2c(F)cc(F)cc2s1)C1CCCC(NC(=O)C(F)(F)F)C1. The summed E-state index contributed by atoms with van der Waals surface area (Å²) in [5, 5.41) is 4.46. The Kier molecular flexibility index (Phi) is 5.31. The van der Waals surface area contributed by atoms with Gasteiger partial charge in [0, 0.05) is 18.0 Å². The van der Waals surface area contributed by atoms with Crippen molar-refractivity contribution in [2.24, 2.45) is 5.92 Å². The van der Waals surface area contributed by atoms with Crippen LogP contribution in [0.5, 0.6) is 0 Å². The van der Waals surface area contributed by atoms with Crippen molar-refractivity contribution >= 4 is 38.5 Å². The molecular weight excluding hydrogens is 393 g/mol. The van der Waals surface area contributed by atoms with Crippen molar-refractivity contribution in [1.29, 1.82) is 0 Å². The second kappa shape index (κ2) is 7.37. The first-order valence-electron chi connectivity index (χ1n) is 8.07. The molecule has 0 spiro atoms. The summed E-state index contributed by atoms with van der Waals surface area (Å²) in [6, 6.07) is 1.02. The molecule has 146 valence electrons. The number of hydrogen-bond acceptors (Lipinski definition) is 4. The minimum Gasteiger partial charge on any atom is -0.346 e. The molecule has 5 nitrogen and oxygen atoms in total. The molecule has 0 bridgehead atoms. The van der Waals surface area contributed by atoms with Crippen molar-refractivity contribution in [3.8, 4) is 0 Å². The molecule has 1 aliphatic rings. The molecule has 1 heterocycles. The van der Waals surface area contributed by atoms with E-state index in [2.05, 4.69) is 10.3 Å². The van der Waals surface area contributed by atoms with Crippen molar-refractivity contribution in [2.75, 3.05) is 5.32 Å². The van der Waals surface area contributed by atoms with Crippen molar-refractivity contribution < 1.29 is 31.5 Å². The highest BCUT2D eigenvalue weighted by molar-refractivity contribution is 7.22. The molecule has 1 saturated carbocycles. The summed E-state index contributed by atoms with van der Waals surface area (Å²) in [5.41, 5.74) is -0.0735. The lowest BCUT2D eigenvalue weighted by Gasteiger charge is -2.29. The number of fused-ring (bicyclic) bond motifs is 1. The Bertz CT molecular complexity index is 883. The molecule has 0 saturated heterocycles. The monoisotopic (exact) mass is 407 g/mol. The average Bonchev–Trinajstić information content (AvgIpc) is 2.96. The molecular formula is C16H14F5N3O2S. The second-order valence-corrected chi connectivity index (χ2v) is 7.30. The van der Waals surface area contributed by atoms with E-state index in [4.69, 9.17) is 0 Å². The number of nitrogens with one attached hydrogen (secondary N) is 2. The third kappa shape index (κ3) is 4.52. The Balaban J connectivity index is 1.65. The highest BCUT2D eigenvalue weighted by Crippen LogP contribution is 2.31. The number of anilines is 1. The largest absolute Gasteiger partial charge is 0.471 e. The van der Waals surface area contributed by atoms with E-state index in [1.54, 1.807) is 0 Å². The number of carbonyl (C=O) groups excluding carboxylic acids is 2. The molecule has 11 heteroatoms. The summed E-state index contributed by atoms with van der Waals surface area (Å²) in [4.78, 5) is 27.3. The number of benzene rings is 1. The number of thiazole rings is 1. The van der Waals surface area contributed by atoms with Gasteiger partial charge < -0.3 is 10.6 Å². The van der Waals surface area contributed by atoms with Crippen molar-refractivity contribution in [3.05, 3.63) is 23.8 Å². The number of aromatic nitrogens is 1. The summed E-state index contributed by atoms with van der Waals surface area (Å²) < 4.78 is 64.2. The lowest BCUT2D eigenvalue weighted by molar-refractivity contribution is -0.174. The molecule has 2 N–H and O–H groups in total. The lowest BCUT2D eigenvalue weighted by Crippen LogP contribution is -2.46. The van der Waals surface area contributed by atoms with E-state index in [9.17, 15) is 31.5 Å². The molecule has 27 heavy (non-hydrogen) atoms. The minimum atomic E-state index is -4.98. The predicted octanol–water partition coefficient (Wildman–Crippen LogP) is 3.75. The summed E-state index contributed by atoms with van der Waals surface area (Å²) in [6.07, 6.45) is -3.66. The highest BCUT2D eigenvalue weighted by atomic mass is 32.1. The van der Waals surface area contributed by atoms with E-state index in [1.807, 2.05) is 5.32 Å². The van der Waals surface area contributed by atoms with Gasteiger partial charge in [-0.3, -0.25) is 9.59 Å². The molecule has 2 aromatic rings. The first-order chi connectivity index (χ1) is 12.6. The van der Waals surface area contributed by atoms with Crippen LogP contribution in [0.4, 0.5) is 27.1 Å². The highest BCUT2D eigenvalue weighted by Gasteiger charge is 2.40. The molecule has 2 unspecified atom stereocenters. The first kappa shape index (κ1) is 19.5. The summed E-state index contributed by atoms with van der Waals surface area (Å²) >= 11 is 0.891.